The lowest BCUT2D eigenvalue weighted by Crippen LogP contribution is -2.55. The number of halogens is 2. The van der Waals surface area contributed by atoms with Crippen LogP contribution in [0, 0.1) is 11.8 Å². The first-order valence-electron chi connectivity index (χ1n) is 10.8. The van der Waals surface area contributed by atoms with Crippen molar-refractivity contribution in [3.8, 4) is 5.75 Å². The molecule has 0 radical (unpaired) electrons. The Bertz CT molecular complexity index is 1040. The van der Waals surface area contributed by atoms with Gasteiger partial charge in [-0.15, -0.1) is 0 Å². The van der Waals surface area contributed by atoms with Gasteiger partial charge in [0.15, 0.2) is 0 Å². The van der Waals surface area contributed by atoms with Crippen LogP contribution in [0.3, 0.4) is 0 Å². The number of fused-ring (bicyclic) bond motifs is 1. The second-order valence-electron chi connectivity index (χ2n) is 9.55. The number of nitrogens with two attached hydrogens (primary N) is 1. The van der Waals surface area contributed by atoms with E-state index in [9.17, 15) is 18.4 Å². The van der Waals surface area contributed by atoms with Gasteiger partial charge < -0.3 is 25.1 Å². The topological polar surface area (TPSA) is 103 Å². The van der Waals surface area contributed by atoms with Gasteiger partial charge in [0.1, 0.15) is 16.9 Å². The minimum atomic E-state index is -2.90. The van der Waals surface area contributed by atoms with Crippen molar-refractivity contribution >= 4 is 22.8 Å². The van der Waals surface area contributed by atoms with Gasteiger partial charge in [-0.05, 0) is 39.7 Å². The molecule has 32 heavy (non-hydrogen) atoms. The second-order valence-corrected chi connectivity index (χ2v) is 9.55. The van der Waals surface area contributed by atoms with Gasteiger partial charge >= 0.3 is 11.8 Å². The molecular formula is C22H32F2N4O4. The van der Waals surface area contributed by atoms with Crippen LogP contribution in [0.15, 0.2) is 16.9 Å². The van der Waals surface area contributed by atoms with Crippen molar-refractivity contribution in [1.29, 1.82) is 0 Å². The standard InChI is InChI=1S/C22H32F2N4O4/c1-13-11-28(20(30)32-21(2,3)4)12-14(22(13,23)24)7-6-8-31-17-10-15(25)9-16-18(17)27(5)19(29)26-16/h9-10,13-14H,6-8,11-12,25H2,1-5H3,(H,26,29)/t13-,14+/m0/s1. The summed E-state index contributed by atoms with van der Waals surface area (Å²) >= 11 is 0. The Morgan fingerprint density at radius 1 is 1.31 bits per heavy atom. The Balaban J connectivity index is 1.65. The molecule has 1 saturated heterocycles. The normalized spacial score (nSPS) is 21.0. The third-order valence-corrected chi connectivity index (χ3v) is 5.72. The fraction of sp³-hybridized carbons (Fsp3) is 0.636. The number of carbonyl (C=O) groups excluding carboxylic acids is 1. The van der Waals surface area contributed by atoms with Gasteiger partial charge in [-0.1, -0.05) is 6.92 Å². The van der Waals surface area contributed by atoms with Crippen LogP contribution in [-0.2, 0) is 11.8 Å². The van der Waals surface area contributed by atoms with Crippen molar-refractivity contribution in [2.45, 2.75) is 52.1 Å². The molecule has 0 spiro atoms. The van der Waals surface area contributed by atoms with Gasteiger partial charge in [0.2, 0.25) is 0 Å². The highest BCUT2D eigenvalue weighted by molar-refractivity contribution is 5.85. The predicted molar refractivity (Wildman–Crippen MR) is 118 cm³/mol. The summed E-state index contributed by atoms with van der Waals surface area (Å²) in [4.78, 5) is 28.4. The van der Waals surface area contributed by atoms with Gasteiger partial charge in [0.05, 0.1) is 12.1 Å². The Kier molecular flexibility index (Phi) is 6.44. The first kappa shape index (κ1) is 23.9. The van der Waals surface area contributed by atoms with Crippen molar-refractivity contribution in [3.05, 3.63) is 22.6 Å². The van der Waals surface area contributed by atoms with E-state index < -0.39 is 29.5 Å². The largest absolute Gasteiger partial charge is 0.491 e. The van der Waals surface area contributed by atoms with E-state index in [0.29, 0.717) is 28.9 Å². The number of benzene rings is 1. The maximum absolute atomic E-state index is 14.8. The number of nitrogen functional groups attached to an aromatic ring is 1. The van der Waals surface area contributed by atoms with Gasteiger partial charge in [-0.2, -0.15) is 0 Å². The summed E-state index contributed by atoms with van der Waals surface area (Å²) in [7, 11) is 1.61. The van der Waals surface area contributed by atoms with Gasteiger partial charge in [-0.3, -0.25) is 4.57 Å². The number of alkyl halides is 2. The summed E-state index contributed by atoms with van der Waals surface area (Å²) in [6.07, 6.45) is -0.0468. The van der Waals surface area contributed by atoms with Crippen LogP contribution >= 0.6 is 0 Å². The Hall–Kier alpha value is -2.78. The molecule has 1 aliphatic heterocycles. The van der Waals surface area contributed by atoms with E-state index in [1.807, 2.05) is 0 Å². The van der Waals surface area contributed by atoms with E-state index in [1.165, 1.54) is 16.4 Å². The lowest BCUT2D eigenvalue weighted by atomic mass is 9.83. The number of piperidine rings is 1. The van der Waals surface area contributed by atoms with E-state index in [1.54, 1.807) is 40.0 Å². The predicted octanol–water partition coefficient (Wildman–Crippen LogP) is 3.75. The SMILES string of the molecule is C[C@H]1CN(C(=O)OC(C)(C)C)C[C@@H](CCCOc2cc(N)cc3[nH]c(=O)n(C)c23)C1(F)F. The van der Waals surface area contributed by atoms with Crippen LogP contribution in [0.1, 0.15) is 40.5 Å². The molecule has 1 amide bonds. The van der Waals surface area contributed by atoms with Gasteiger partial charge in [0, 0.05) is 43.7 Å². The molecule has 1 aromatic carbocycles. The molecule has 2 heterocycles. The summed E-state index contributed by atoms with van der Waals surface area (Å²) < 4.78 is 42.2. The minimum Gasteiger partial charge on any atom is -0.491 e. The number of rotatable bonds is 5. The van der Waals surface area contributed by atoms with Crippen LogP contribution in [0.4, 0.5) is 19.3 Å². The number of aromatic nitrogens is 2. The number of imidazole rings is 1. The molecule has 3 N–H and O–H groups in total. The molecule has 0 bridgehead atoms. The summed E-state index contributed by atoms with van der Waals surface area (Å²) in [5.74, 6) is -4.45. The molecule has 0 unspecified atom stereocenters. The molecule has 8 nitrogen and oxygen atoms in total. The Labute approximate surface area is 185 Å². The first-order chi connectivity index (χ1) is 14.8. The number of likely N-dealkylation sites (tertiary alicyclic amines) is 1. The van der Waals surface area contributed by atoms with Crippen LogP contribution in [0.25, 0.3) is 11.0 Å². The minimum absolute atomic E-state index is 0.0439. The third kappa shape index (κ3) is 4.99. The number of aromatic amines is 1. The summed E-state index contributed by atoms with van der Waals surface area (Å²) in [6.45, 7) is 6.75. The van der Waals surface area contributed by atoms with E-state index in [4.69, 9.17) is 15.2 Å². The zero-order chi connectivity index (χ0) is 23.8. The van der Waals surface area contributed by atoms with Crippen molar-refractivity contribution in [2.24, 2.45) is 18.9 Å². The number of aryl methyl sites for hydroxylation is 1. The molecule has 1 fully saturated rings. The zero-order valence-electron chi connectivity index (χ0n) is 19.2. The van der Waals surface area contributed by atoms with E-state index in [-0.39, 0.29) is 31.8 Å². The maximum Gasteiger partial charge on any atom is 0.410 e. The monoisotopic (exact) mass is 454 g/mol. The van der Waals surface area contributed by atoms with Gasteiger partial charge in [-0.25, -0.2) is 18.4 Å². The lowest BCUT2D eigenvalue weighted by molar-refractivity contribution is -0.145. The molecule has 10 heteroatoms. The molecule has 2 atom stereocenters. The van der Waals surface area contributed by atoms with Crippen LogP contribution in [0.5, 0.6) is 5.75 Å². The number of hydrogen-bond acceptors (Lipinski definition) is 5. The van der Waals surface area contributed by atoms with E-state index in [2.05, 4.69) is 4.98 Å². The van der Waals surface area contributed by atoms with Crippen LogP contribution in [-0.4, -0.2) is 51.8 Å². The number of amides is 1. The van der Waals surface area contributed by atoms with Crippen LogP contribution < -0.4 is 16.2 Å². The smallest absolute Gasteiger partial charge is 0.410 e. The molecule has 1 aromatic heterocycles. The molecule has 0 saturated carbocycles. The maximum atomic E-state index is 14.8. The number of nitrogens with one attached hydrogen (secondary N) is 1. The number of ether oxygens (including phenoxy) is 2. The second kappa shape index (κ2) is 8.63. The van der Waals surface area contributed by atoms with Crippen molar-refractivity contribution in [2.75, 3.05) is 25.4 Å². The fourth-order valence-corrected chi connectivity index (χ4v) is 4.07. The molecule has 2 aromatic rings. The highest BCUT2D eigenvalue weighted by Crippen LogP contribution is 2.40. The zero-order valence-corrected chi connectivity index (χ0v) is 19.2. The lowest BCUT2D eigenvalue weighted by Gasteiger charge is -2.42. The van der Waals surface area contributed by atoms with Crippen molar-refractivity contribution in [3.63, 3.8) is 0 Å². The summed E-state index contributed by atoms with van der Waals surface area (Å²) in [6, 6.07) is 3.25. The third-order valence-electron chi connectivity index (χ3n) is 5.72. The van der Waals surface area contributed by atoms with Crippen molar-refractivity contribution in [1.82, 2.24) is 14.5 Å². The average Bonchev–Trinajstić information content (AvgIpc) is 2.94. The Morgan fingerprint density at radius 3 is 2.66 bits per heavy atom. The number of nitrogens with zero attached hydrogens (tertiary/aromatic N) is 2. The average molecular weight is 455 g/mol. The highest BCUT2D eigenvalue weighted by Gasteiger charge is 2.50. The molecule has 178 valence electrons. The summed E-state index contributed by atoms with van der Waals surface area (Å²) in [5.41, 5.74) is 6.44. The Morgan fingerprint density at radius 2 is 2.00 bits per heavy atom. The van der Waals surface area contributed by atoms with Crippen LogP contribution in [0.2, 0.25) is 0 Å². The molecular weight excluding hydrogens is 422 g/mol. The van der Waals surface area contributed by atoms with E-state index >= 15 is 0 Å². The first-order valence-corrected chi connectivity index (χ1v) is 10.8. The summed E-state index contributed by atoms with van der Waals surface area (Å²) in [5, 5.41) is 0. The molecule has 0 aliphatic carbocycles. The van der Waals surface area contributed by atoms with Crippen molar-refractivity contribution < 1.29 is 23.0 Å². The van der Waals surface area contributed by atoms with Gasteiger partial charge in [0.25, 0.3) is 5.92 Å². The fourth-order valence-electron chi connectivity index (χ4n) is 4.07. The quantitative estimate of drug-likeness (QED) is 0.529. The number of carbonyl (C=O) groups is 1. The number of anilines is 1. The molecule has 3 rings (SSSR count). The number of hydrogen-bond donors (Lipinski definition) is 2. The van der Waals surface area contributed by atoms with E-state index in [0.717, 1.165) is 0 Å². The molecule has 1 aliphatic rings. The number of H-pyrrole nitrogens is 1. The highest BCUT2D eigenvalue weighted by atomic mass is 19.3.